The molecular weight excluding hydrogens is 365 g/mol. The highest BCUT2D eigenvalue weighted by molar-refractivity contribution is 5.92. The lowest BCUT2D eigenvalue weighted by Crippen LogP contribution is -2.42. The van der Waals surface area contributed by atoms with Crippen LogP contribution in [0.25, 0.3) is 22.2 Å². The number of carbonyl (C=O) groups excluding carboxylic acids is 1. The van der Waals surface area contributed by atoms with Crippen molar-refractivity contribution < 1.29 is 32.0 Å². The molecule has 1 aliphatic heterocycles. The zero-order valence-electron chi connectivity index (χ0n) is 13.9. The van der Waals surface area contributed by atoms with Gasteiger partial charge in [0.05, 0.1) is 13.2 Å². The van der Waals surface area contributed by atoms with Gasteiger partial charge in [-0.1, -0.05) is 5.16 Å². The zero-order chi connectivity index (χ0) is 19.0. The van der Waals surface area contributed by atoms with Gasteiger partial charge in [0, 0.05) is 30.1 Å². The highest BCUT2D eigenvalue weighted by Crippen LogP contribution is 2.32. The Labute approximate surface area is 151 Å². The Morgan fingerprint density at radius 2 is 1.78 bits per heavy atom. The number of aromatic nitrogens is 1. The summed E-state index contributed by atoms with van der Waals surface area (Å²) in [5.74, 6) is -3.96. The van der Waals surface area contributed by atoms with Gasteiger partial charge in [0.2, 0.25) is 0 Å². The van der Waals surface area contributed by atoms with Crippen LogP contribution in [0.1, 0.15) is 0 Å². The Hall–Kier alpha value is -3.07. The molecule has 4 rings (SSSR count). The number of carbonyl (C=O) groups is 1. The van der Waals surface area contributed by atoms with E-state index in [9.17, 15) is 18.0 Å². The molecule has 27 heavy (non-hydrogen) atoms. The highest BCUT2D eigenvalue weighted by Gasteiger charge is 2.20. The molecule has 9 heteroatoms. The van der Waals surface area contributed by atoms with Crippen LogP contribution in [0.15, 0.2) is 34.9 Å². The van der Waals surface area contributed by atoms with E-state index in [0.717, 1.165) is 12.1 Å². The second kappa shape index (κ2) is 6.92. The molecule has 1 amide bonds. The van der Waals surface area contributed by atoms with Crippen LogP contribution in [0.2, 0.25) is 0 Å². The molecular formula is C18H13F3N2O4. The molecule has 1 saturated heterocycles. The van der Waals surface area contributed by atoms with E-state index in [1.54, 1.807) is 6.07 Å². The van der Waals surface area contributed by atoms with Crippen molar-refractivity contribution >= 4 is 17.1 Å². The van der Waals surface area contributed by atoms with E-state index in [1.165, 1.54) is 17.0 Å². The largest absolute Gasteiger partial charge is 0.415 e. The first-order valence-electron chi connectivity index (χ1n) is 8.12. The van der Waals surface area contributed by atoms with Crippen molar-refractivity contribution in [2.24, 2.45) is 0 Å². The standard InChI is InChI=1S/C18H13F3N2O4/c19-13-7-10(8-14(20)16(13)21)17-12-2-1-11(9-15(12)27-22-17)26-18(24)23-3-5-25-6-4-23/h1-2,7-9H,3-6H2. The number of nitrogens with zero attached hydrogens (tertiary/aromatic N) is 2. The predicted molar refractivity (Wildman–Crippen MR) is 87.7 cm³/mol. The topological polar surface area (TPSA) is 64.8 Å². The van der Waals surface area contributed by atoms with Crippen LogP contribution in [0.3, 0.4) is 0 Å². The predicted octanol–water partition coefficient (Wildman–Crippen LogP) is 3.74. The number of hydrogen-bond donors (Lipinski definition) is 0. The lowest BCUT2D eigenvalue weighted by Gasteiger charge is -2.25. The van der Waals surface area contributed by atoms with Crippen LogP contribution in [0, 0.1) is 17.5 Å². The van der Waals surface area contributed by atoms with Crippen LogP contribution in [0.4, 0.5) is 18.0 Å². The minimum Gasteiger partial charge on any atom is -0.410 e. The Balaban J connectivity index is 1.61. The fraction of sp³-hybridized carbons (Fsp3) is 0.222. The smallest absolute Gasteiger partial charge is 0.410 e. The van der Waals surface area contributed by atoms with E-state index in [-0.39, 0.29) is 22.6 Å². The first-order valence-corrected chi connectivity index (χ1v) is 8.12. The third-order valence-corrected chi connectivity index (χ3v) is 4.18. The fourth-order valence-electron chi connectivity index (χ4n) is 2.79. The molecule has 0 unspecified atom stereocenters. The molecule has 0 radical (unpaired) electrons. The number of benzene rings is 2. The van der Waals surface area contributed by atoms with Crippen LogP contribution in [0.5, 0.6) is 5.75 Å². The summed E-state index contributed by atoms with van der Waals surface area (Å²) >= 11 is 0. The number of rotatable bonds is 2. The molecule has 2 aromatic carbocycles. The normalized spacial score (nSPS) is 14.6. The molecule has 140 valence electrons. The summed E-state index contributed by atoms with van der Waals surface area (Å²) in [7, 11) is 0. The summed E-state index contributed by atoms with van der Waals surface area (Å²) in [6, 6.07) is 6.17. The number of halogens is 3. The summed E-state index contributed by atoms with van der Waals surface area (Å²) in [5.41, 5.74) is 0.430. The number of ether oxygens (including phenoxy) is 2. The van der Waals surface area contributed by atoms with Gasteiger partial charge in [0.25, 0.3) is 0 Å². The van der Waals surface area contributed by atoms with Crippen molar-refractivity contribution in [1.82, 2.24) is 10.1 Å². The maximum absolute atomic E-state index is 13.5. The summed E-state index contributed by atoms with van der Waals surface area (Å²) < 4.78 is 55.7. The molecule has 0 saturated carbocycles. The fourth-order valence-corrected chi connectivity index (χ4v) is 2.79. The summed E-state index contributed by atoms with van der Waals surface area (Å²) in [6.45, 7) is 1.78. The van der Waals surface area contributed by atoms with Gasteiger partial charge >= 0.3 is 6.09 Å². The van der Waals surface area contributed by atoms with Gasteiger partial charge in [-0.3, -0.25) is 0 Å². The second-order valence-corrected chi connectivity index (χ2v) is 5.91. The summed E-state index contributed by atoms with van der Waals surface area (Å²) in [4.78, 5) is 13.6. The average molecular weight is 378 g/mol. The van der Waals surface area contributed by atoms with Crippen molar-refractivity contribution in [3.63, 3.8) is 0 Å². The van der Waals surface area contributed by atoms with E-state index in [4.69, 9.17) is 14.0 Å². The van der Waals surface area contributed by atoms with Crippen molar-refractivity contribution in [2.45, 2.75) is 0 Å². The van der Waals surface area contributed by atoms with Crippen molar-refractivity contribution in [3.05, 3.63) is 47.8 Å². The van der Waals surface area contributed by atoms with Crippen LogP contribution < -0.4 is 4.74 Å². The molecule has 6 nitrogen and oxygen atoms in total. The van der Waals surface area contributed by atoms with Gasteiger partial charge in [-0.15, -0.1) is 0 Å². The molecule has 0 bridgehead atoms. The van der Waals surface area contributed by atoms with Crippen LogP contribution in [-0.2, 0) is 4.74 Å². The minimum absolute atomic E-state index is 0.0308. The minimum atomic E-state index is -1.55. The Bertz CT molecular complexity index is 992. The number of morpholine rings is 1. The Morgan fingerprint density at radius 3 is 2.48 bits per heavy atom. The monoisotopic (exact) mass is 378 g/mol. The Morgan fingerprint density at radius 1 is 1.07 bits per heavy atom. The number of hydrogen-bond acceptors (Lipinski definition) is 5. The Kier molecular flexibility index (Phi) is 4.44. The average Bonchev–Trinajstić information content (AvgIpc) is 3.09. The zero-order valence-corrected chi connectivity index (χ0v) is 13.9. The molecule has 1 fully saturated rings. The summed E-state index contributed by atoms with van der Waals surface area (Å²) in [6.07, 6.45) is -0.514. The van der Waals surface area contributed by atoms with Gasteiger partial charge < -0.3 is 18.9 Å². The lowest BCUT2D eigenvalue weighted by molar-refractivity contribution is 0.0416. The van der Waals surface area contributed by atoms with Crippen LogP contribution in [-0.4, -0.2) is 42.5 Å². The van der Waals surface area contributed by atoms with Crippen LogP contribution >= 0.6 is 0 Å². The van der Waals surface area contributed by atoms with Crippen molar-refractivity contribution in [3.8, 4) is 17.0 Å². The molecule has 0 aliphatic carbocycles. The van der Waals surface area contributed by atoms with E-state index >= 15 is 0 Å². The van der Waals surface area contributed by atoms with Crippen molar-refractivity contribution in [2.75, 3.05) is 26.3 Å². The third-order valence-electron chi connectivity index (χ3n) is 4.18. The quantitative estimate of drug-likeness (QED) is 0.636. The van der Waals surface area contributed by atoms with Gasteiger partial charge in [-0.2, -0.15) is 0 Å². The summed E-state index contributed by atoms with van der Waals surface area (Å²) in [5, 5.41) is 4.23. The first kappa shape index (κ1) is 17.3. The van der Waals surface area contributed by atoms with E-state index in [1.807, 2.05) is 0 Å². The molecule has 0 spiro atoms. The SMILES string of the molecule is O=C(Oc1ccc2c(-c3cc(F)c(F)c(F)c3)noc2c1)N1CCOCC1. The van der Waals surface area contributed by atoms with Crippen molar-refractivity contribution in [1.29, 1.82) is 0 Å². The second-order valence-electron chi connectivity index (χ2n) is 5.91. The molecule has 1 aromatic heterocycles. The van der Waals surface area contributed by atoms with E-state index in [0.29, 0.717) is 31.7 Å². The molecule has 0 N–H and O–H groups in total. The number of fused-ring (bicyclic) bond motifs is 1. The molecule has 0 atom stereocenters. The van der Waals surface area contributed by atoms with Gasteiger partial charge in [0.1, 0.15) is 11.4 Å². The van der Waals surface area contributed by atoms with Gasteiger partial charge in [-0.25, -0.2) is 18.0 Å². The highest BCUT2D eigenvalue weighted by atomic mass is 19.2. The molecule has 1 aliphatic rings. The maximum atomic E-state index is 13.5. The maximum Gasteiger partial charge on any atom is 0.415 e. The van der Waals surface area contributed by atoms with Gasteiger partial charge in [0.15, 0.2) is 23.0 Å². The third kappa shape index (κ3) is 3.33. The van der Waals surface area contributed by atoms with Gasteiger partial charge in [-0.05, 0) is 24.3 Å². The van der Waals surface area contributed by atoms with E-state index < -0.39 is 23.5 Å². The molecule has 2 heterocycles. The van der Waals surface area contributed by atoms with E-state index in [2.05, 4.69) is 5.16 Å². The molecule has 3 aromatic rings. The number of amides is 1. The first-order chi connectivity index (χ1) is 13.0. The lowest BCUT2D eigenvalue weighted by atomic mass is 10.1.